The van der Waals surface area contributed by atoms with Crippen LogP contribution >= 0.6 is 0 Å². The Balaban J connectivity index is 1.71. The third-order valence-corrected chi connectivity index (χ3v) is 4.16. The second-order valence-electron chi connectivity index (χ2n) is 8.00. The van der Waals surface area contributed by atoms with E-state index in [0.29, 0.717) is 17.9 Å². The Labute approximate surface area is 166 Å². The molecule has 154 valence electrons. The lowest BCUT2D eigenvalue weighted by Gasteiger charge is -2.32. The summed E-state index contributed by atoms with van der Waals surface area (Å²) in [5, 5.41) is 8.43. The van der Waals surface area contributed by atoms with Gasteiger partial charge in [0.25, 0.3) is 0 Å². The molecule has 1 heterocycles. The van der Waals surface area contributed by atoms with E-state index in [0.717, 1.165) is 25.9 Å². The predicted octanol–water partition coefficient (Wildman–Crippen LogP) is 2.57. The molecule has 1 fully saturated rings. The van der Waals surface area contributed by atoms with Crippen LogP contribution in [0.25, 0.3) is 0 Å². The molecule has 3 amide bonds. The summed E-state index contributed by atoms with van der Waals surface area (Å²) in [5.74, 6) is -0.229. The molecule has 1 aromatic rings. The number of hydrogen-bond acceptors (Lipinski definition) is 5. The molecule has 8 heteroatoms. The molecule has 0 saturated carbocycles. The number of likely N-dealkylation sites (tertiary alicyclic amines) is 1. The third kappa shape index (κ3) is 7.96. The van der Waals surface area contributed by atoms with Crippen LogP contribution in [0.4, 0.5) is 16.2 Å². The van der Waals surface area contributed by atoms with E-state index in [-0.39, 0.29) is 17.9 Å². The summed E-state index contributed by atoms with van der Waals surface area (Å²) in [5.41, 5.74) is 0.856. The summed E-state index contributed by atoms with van der Waals surface area (Å²) in [6.07, 6.45) is 1.15. The van der Waals surface area contributed by atoms with Crippen molar-refractivity contribution in [3.05, 3.63) is 24.3 Å². The fourth-order valence-corrected chi connectivity index (χ4v) is 2.95. The van der Waals surface area contributed by atoms with Gasteiger partial charge in [-0.3, -0.25) is 14.5 Å². The van der Waals surface area contributed by atoms with Crippen LogP contribution in [-0.2, 0) is 14.3 Å². The number of nitrogens with one attached hydrogen (secondary N) is 3. The minimum absolute atomic E-state index is 0.0653. The summed E-state index contributed by atoms with van der Waals surface area (Å²) >= 11 is 0. The van der Waals surface area contributed by atoms with Crippen LogP contribution < -0.4 is 16.0 Å². The smallest absolute Gasteiger partial charge is 0.407 e. The second kappa shape index (κ2) is 9.54. The largest absolute Gasteiger partial charge is 0.444 e. The maximum atomic E-state index is 12.2. The quantitative estimate of drug-likeness (QED) is 0.718. The minimum Gasteiger partial charge on any atom is -0.444 e. The summed E-state index contributed by atoms with van der Waals surface area (Å²) in [7, 11) is 0. The summed E-state index contributed by atoms with van der Waals surface area (Å²) in [6, 6.07) is 7.05. The molecule has 1 aromatic carbocycles. The predicted molar refractivity (Wildman–Crippen MR) is 108 cm³/mol. The van der Waals surface area contributed by atoms with Crippen LogP contribution in [0.3, 0.4) is 0 Å². The average molecular weight is 390 g/mol. The fraction of sp³-hybridized carbons (Fsp3) is 0.550. The normalized spacial score (nSPS) is 15.6. The van der Waals surface area contributed by atoms with E-state index in [4.69, 9.17) is 4.74 Å². The molecule has 0 spiro atoms. The monoisotopic (exact) mass is 390 g/mol. The maximum absolute atomic E-state index is 12.2. The molecule has 0 unspecified atom stereocenters. The first-order valence-electron chi connectivity index (χ1n) is 9.50. The second-order valence-corrected chi connectivity index (χ2v) is 8.00. The van der Waals surface area contributed by atoms with Crippen molar-refractivity contribution >= 4 is 29.3 Å². The number of carbonyl (C=O) groups excluding carboxylic acids is 3. The molecular formula is C20H30N4O4. The SMILES string of the molecule is CC(=O)Nc1ccc(NC(=O)CN2CCC(NC(=O)OC(C)(C)C)CC2)cc1. The molecule has 0 atom stereocenters. The molecule has 0 aliphatic carbocycles. The van der Waals surface area contributed by atoms with Crippen LogP contribution in [-0.4, -0.2) is 54.1 Å². The Hall–Kier alpha value is -2.61. The van der Waals surface area contributed by atoms with Gasteiger partial charge in [-0.25, -0.2) is 4.79 Å². The van der Waals surface area contributed by atoms with Gasteiger partial charge in [-0.2, -0.15) is 0 Å². The first kappa shape index (κ1) is 21.7. The van der Waals surface area contributed by atoms with Gasteiger partial charge >= 0.3 is 6.09 Å². The summed E-state index contributed by atoms with van der Waals surface area (Å²) < 4.78 is 5.28. The highest BCUT2D eigenvalue weighted by Gasteiger charge is 2.24. The van der Waals surface area contributed by atoms with Crippen molar-refractivity contribution in [2.24, 2.45) is 0 Å². The standard InChI is InChI=1S/C20H30N4O4/c1-14(25)21-15-5-7-16(8-6-15)22-18(26)13-24-11-9-17(10-12-24)23-19(27)28-20(2,3)4/h5-8,17H,9-13H2,1-4H3,(H,21,25)(H,22,26)(H,23,27). The van der Waals surface area contributed by atoms with Gasteiger partial charge in [-0.1, -0.05) is 0 Å². The highest BCUT2D eigenvalue weighted by molar-refractivity contribution is 5.93. The summed E-state index contributed by atoms with van der Waals surface area (Å²) in [6.45, 7) is 8.71. The van der Waals surface area contributed by atoms with Gasteiger partial charge in [0.2, 0.25) is 11.8 Å². The zero-order chi connectivity index (χ0) is 20.7. The van der Waals surface area contributed by atoms with E-state index in [1.165, 1.54) is 6.92 Å². The van der Waals surface area contributed by atoms with Gasteiger partial charge in [0.1, 0.15) is 5.60 Å². The van der Waals surface area contributed by atoms with Crippen molar-refractivity contribution in [1.29, 1.82) is 0 Å². The molecule has 1 aliphatic rings. The molecule has 3 N–H and O–H groups in total. The zero-order valence-electron chi connectivity index (χ0n) is 17.0. The number of rotatable bonds is 5. The highest BCUT2D eigenvalue weighted by Crippen LogP contribution is 2.15. The fourth-order valence-electron chi connectivity index (χ4n) is 2.95. The number of nitrogens with zero attached hydrogens (tertiary/aromatic N) is 1. The van der Waals surface area contributed by atoms with E-state index >= 15 is 0 Å². The Bertz CT molecular complexity index is 689. The average Bonchev–Trinajstić information content (AvgIpc) is 2.56. The summed E-state index contributed by atoms with van der Waals surface area (Å²) in [4.78, 5) is 37.2. The van der Waals surface area contributed by atoms with E-state index in [1.54, 1.807) is 24.3 Å². The van der Waals surface area contributed by atoms with Crippen LogP contribution in [0.15, 0.2) is 24.3 Å². The number of amides is 3. The lowest BCUT2D eigenvalue weighted by atomic mass is 10.1. The van der Waals surface area contributed by atoms with Crippen molar-refractivity contribution in [2.45, 2.75) is 52.2 Å². The Morgan fingerprint density at radius 1 is 1.04 bits per heavy atom. The van der Waals surface area contributed by atoms with E-state index in [9.17, 15) is 14.4 Å². The Morgan fingerprint density at radius 2 is 1.57 bits per heavy atom. The number of piperidine rings is 1. The first-order chi connectivity index (χ1) is 13.1. The molecule has 28 heavy (non-hydrogen) atoms. The van der Waals surface area contributed by atoms with Gasteiger partial charge in [0, 0.05) is 37.4 Å². The van der Waals surface area contributed by atoms with Crippen molar-refractivity contribution in [2.75, 3.05) is 30.3 Å². The molecule has 0 aromatic heterocycles. The number of hydrogen-bond donors (Lipinski definition) is 3. The van der Waals surface area contributed by atoms with Gasteiger partial charge < -0.3 is 20.7 Å². The molecule has 1 saturated heterocycles. The lowest BCUT2D eigenvalue weighted by molar-refractivity contribution is -0.117. The van der Waals surface area contributed by atoms with Gasteiger partial charge in [-0.15, -0.1) is 0 Å². The lowest BCUT2D eigenvalue weighted by Crippen LogP contribution is -2.47. The van der Waals surface area contributed by atoms with Gasteiger partial charge in [0.05, 0.1) is 6.54 Å². The Morgan fingerprint density at radius 3 is 2.07 bits per heavy atom. The van der Waals surface area contributed by atoms with Crippen molar-refractivity contribution in [3.8, 4) is 0 Å². The molecule has 8 nitrogen and oxygen atoms in total. The van der Waals surface area contributed by atoms with Crippen LogP contribution in [0, 0.1) is 0 Å². The zero-order valence-corrected chi connectivity index (χ0v) is 17.0. The van der Waals surface area contributed by atoms with E-state index in [1.807, 2.05) is 20.8 Å². The molecule has 2 rings (SSSR count). The topological polar surface area (TPSA) is 99.8 Å². The molecule has 1 aliphatic heterocycles. The van der Waals surface area contributed by atoms with E-state index in [2.05, 4.69) is 20.9 Å². The van der Waals surface area contributed by atoms with Crippen LogP contribution in [0.2, 0.25) is 0 Å². The number of alkyl carbamates (subject to hydrolysis) is 1. The van der Waals surface area contributed by atoms with Crippen molar-refractivity contribution in [1.82, 2.24) is 10.2 Å². The Kier molecular flexibility index (Phi) is 7.39. The molecule has 0 radical (unpaired) electrons. The van der Waals surface area contributed by atoms with Gasteiger partial charge in [-0.05, 0) is 57.9 Å². The highest BCUT2D eigenvalue weighted by atomic mass is 16.6. The number of anilines is 2. The van der Waals surface area contributed by atoms with Crippen LogP contribution in [0.5, 0.6) is 0 Å². The number of carbonyl (C=O) groups is 3. The van der Waals surface area contributed by atoms with Gasteiger partial charge in [0.15, 0.2) is 0 Å². The van der Waals surface area contributed by atoms with Crippen molar-refractivity contribution < 1.29 is 19.1 Å². The number of ether oxygens (including phenoxy) is 1. The van der Waals surface area contributed by atoms with Crippen LogP contribution in [0.1, 0.15) is 40.5 Å². The minimum atomic E-state index is -0.511. The number of benzene rings is 1. The van der Waals surface area contributed by atoms with E-state index < -0.39 is 11.7 Å². The molecule has 0 bridgehead atoms. The van der Waals surface area contributed by atoms with Crippen molar-refractivity contribution in [3.63, 3.8) is 0 Å². The maximum Gasteiger partial charge on any atom is 0.407 e. The first-order valence-corrected chi connectivity index (χ1v) is 9.50. The third-order valence-electron chi connectivity index (χ3n) is 4.16. The molecular weight excluding hydrogens is 360 g/mol.